The second kappa shape index (κ2) is 10.8. The molecule has 0 spiro atoms. The molecular formula is C25H27N3O2. The Bertz CT molecular complexity index is 930. The van der Waals surface area contributed by atoms with Crippen LogP contribution in [0.4, 0.5) is 10.5 Å². The van der Waals surface area contributed by atoms with Crippen LogP contribution >= 0.6 is 0 Å². The van der Waals surface area contributed by atoms with Gasteiger partial charge in [0.05, 0.1) is 6.04 Å². The minimum Gasteiger partial charge on any atom is -0.350 e. The standard InChI is InChI=1S/C25H27N3O2/c1-20(22-13-7-3-8-14-22)26-24(29)17-18-28(19-21-11-5-2-6-12-21)25(30)27-23-15-9-4-10-16-23/h2-16,20H,17-19H2,1H3,(H,26,29)(H,27,30). The van der Waals surface area contributed by atoms with Gasteiger partial charge in [0.1, 0.15) is 0 Å². The van der Waals surface area contributed by atoms with E-state index >= 15 is 0 Å². The Hall–Kier alpha value is -3.60. The topological polar surface area (TPSA) is 61.4 Å². The number of nitrogens with one attached hydrogen (secondary N) is 2. The van der Waals surface area contributed by atoms with Crippen molar-refractivity contribution in [3.05, 3.63) is 102 Å². The molecule has 1 atom stereocenters. The molecule has 0 radical (unpaired) electrons. The van der Waals surface area contributed by atoms with Crippen molar-refractivity contribution in [3.8, 4) is 0 Å². The quantitative estimate of drug-likeness (QED) is 0.559. The molecule has 0 aliphatic heterocycles. The van der Waals surface area contributed by atoms with Crippen LogP contribution in [0, 0.1) is 0 Å². The molecule has 154 valence electrons. The van der Waals surface area contributed by atoms with Crippen LogP contribution in [0.15, 0.2) is 91.0 Å². The van der Waals surface area contributed by atoms with E-state index in [0.29, 0.717) is 13.1 Å². The second-order valence-corrected chi connectivity index (χ2v) is 7.15. The van der Waals surface area contributed by atoms with E-state index in [2.05, 4.69) is 10.6 Å². The van der Waals surface area contributed by atoms with Crippen LogP contribution in [0.5, 0.6) is 0 Å². The first-order chi connectivity index (χ1) is 14.6. The van der Waals surface area contributed by atoms with Crippen molar-refractivity contribution in [1.29, 1.82) is 0 Å². The first-order valence-corrected chi connectivity index (χ1v) is 10.1. The van der Waals surface area contributed by atoms with Crippen molar-refractivity contribution >= 4 is 17.6 Å². The van der Waals surface area contributed by atoms with E-state index in [-0.39, 0.29) is 24.4 Å². The number of rotatable bonds is 8. The van der Waals surface area contributed by atoms with Crippen LogP contribution in [0.2, 0.25) is 0 Å². The Balaban J connectivity index is 1.61. The lowest BCUT2D eigenvalue weighted by Crippen LogP contribution is -2.38. The van der Waals surface area contributed by atoms with Crippen LogP contribution < -0.4 is 10.6 Å². The maximum atomic E-state index is 12.9. The van der Waals surface area contributed by atoms with Gasteiger partial charge < -0.3 is 15.5 Å². The number of hydrogen-bond donors (Lipinski definition) is 2. The maximum absolute atomic E-state index is 12.9. The highest BCUT2D eigenvalue weighted by Gasteiger charge is 2.17. The Morgan fingerprint density at radius 3 is 2.03 bits per heavy atom. The summed E-state index contributed by atoms with van der Waals surface area (Å²) in [4.78, 5) is 27.0. The zero-order valence-electron chi connectivity index (χ0n) is 17.1. The van der Waals surface area contributed by atoms with Crippen LogP contribution in [0.25, 0.3) is 0 Å². The normalized spacial score (nSPS) is 11.4. The molecule has 3 aromatic rings. The predicted molar refractivity (Wildman–Crippen MR) is 120 cm³/mol. The number of amides is 3. The monoisotopic (exact) mass is 401 g/mol. The van der Waals surface area contributed by atoms with Gasteiger partial charge in [0.25, 0.3) is 0 Å². The molecule has 5 heteroatoms. The highest BCUT2D eigenvalue weighted by molar-refractivity contribution is 5.89. The molecule has 1 unspecified atom stereocenters. The molecule has 30 heavy (non-hydrogen) atoms. The van der Waals surface area contributed by atoms with Gasteiger partial charge in [0, 0.05) is 25.2 Å². The number of para-hydroxylation sites is 1. The third-order valence-corrected chi connectivity index (χ3v) is 4.81. The lowest BCUT2D eigenvalue weighted by Gasteiger charge is -2.24. The van der Waals surface area contributed by atoms with Crippen molar-refractivity contribution in [2.45, 2.75) is 25.9 Å². The molecule has 0 heterocycles. The van der Waals surface area contributed by atoms with Crippen LogP contribution in [-0.4, -0.2) is 23.4 Å². The average molecular weight is 402 g/mol. The fourth-order valence-corrected chi connectivity index (χ4v) is 3.16. The molecule has 3 amide bonds. The van der Waals surface area contributed by atoms with Gasteiger partial charge in [-0.25, -0.2) is 4.79 Å². The Labute approximate surface area is 177 Å². The van der Waals surface area contributed by atoms with Crippen molar-refractivity contribution in [1.82, 2.24) is 10.2 Å². The van der Waals surface area contributed by atoms with Gasteiger partial charge in [-0.2, -0.15) is 0 Å². The van der Waals surface area contributed by atoms with Gasteiger partial charge in [-0.05, 0) is 30.2 Å². The largest absolute Gasteiger partial charge is 0.350 e. The van der Waals surface area contributed by atoms with Crippen LogP contribution in [0.1, 0.15) is 30.5 Å². The summed E-state index contributed by atoms with van der Waals surface area (Å²) in [5.41, 5.74) is 2.79. The molecule has 0 aliphatic carbocycles. The summed E-state index contributed by atoms with van der Waals surface area (Å²) in [7, 11) is 0. The summed E-state index contributed by atoms with van der Waals surface area (Å²) in [6.07, 6.45) is 0.228. The molecule has 0 bridgehead atoms. The van der Waals surface area contributed by atoms with Crippen molar-refractivity contribution in [2.24, 2.45) is 0 Å². The number of anilines is 1. The lowest BCUT2D eigenvalue weighted by atomic mass is 10.1. The van der Waals surface area contributed by atoms with E-state index < -0.39 is 0 Å². The lowest BCUT2D eigenvalue weighted by molar-refractivity contribution is -0.121. The first-order valence-electron chi connectivity index (χ1n) is 10.1. The Kier molecular flexibility index (Phi) is 7.61. The highest BCUT2D eigenvalue weighted by Crippen LogP contribution is 2.13. The van der Waals surface area contributed by atoms with Gasteiger partial charge >= 0.3 is 6.03 Å². The SMILES string of the molecule is CC(NC(=O)CCN(Cc1ccccc1)C(=O)Nc1ccccc1)c1ccccc1. The molecule has 0 saturated carbocycles. The van der Waals surface area contributed by atoms with Gasteiger partial charge in [-0.15, -0.1) is 0 Å². The third kappa shape index (κ3) is 6.48. The van der Waals surface area contributed by atoms with E-state index in [9.17, 15) is 9.59 Å². The number of carbonyl (C=O) groups excluding carboxylic acids is 2. The van der Waals surface area contributed by atoms with E-state index in [4.69, 9.17) is 0 Å². The van der Waals surface area contributed by atoms with Gasteiger partial charge in [0.15, 0.2) is 0 Å². The van der Waals surface area contributed by atoms with E-state index in [0.717, 1.165) is 16.8 Å². The molecule has 0 fully saturated rings. The second-order valence-electron chi connectivity index (χ2n) is 7.15. The third-order valence-electron chi connectivity index (χ3n) is 4.81. The van der Waals surface area contributed by atoms with E-state index in [1.807, 2.05) is 97.9 Å². The van der Waals surface area contributed by atoms with E-state index in [1.54, 1.807) is 4.90 Å². The minimum absolute atomic E-state index is 0.0839. The van der Waals surface area contributed by atoms with Crippen LogP contribution in [0.3, 0.4) is 0 Å². The Morgan fingerprint density at radius 2 is 1.40 bits per heavy atom. The zero-order chi connectivity index (χ0) is 21.2. The van der Waals surface area contributed by atoms with Gasteiger partial charge in [0.2, 0.25) is 5.91 Å². The molecule has 0 aliphatic rings. The van der Waals surface area contributed by atoms with Gasteiger partial charge in [-0.3, -0.25) is 4.79 Å². The van der Waals surface area contributed by atoms with Crippen LogP contribution in [-0.2, 0) is 11.3 Å². The first kappa shape index (κ1) is 21.1. The number of hydrogen-bond acceptors (Lipinski definition) is 2. The van der Waals surface area contributed by atoms with E-state index in [1.165, 1.54) is 0 Å². The summed E-state index contributed by atoms with van der Waals surface area (Å²) >= 11 is 0. The maximum Gasteiger partial charge on any atom is 0.322 e. The van der Waals surface area contributed by atoms with Crippen molar-refractivity contribution in [3.63, 3.8) is 0 Å². The number of nitrogens with zero attached hydrogens (tertiary/aromatic N) is 1. The highest BCUT2D eigenvalue weighted by atomic mass is 16.2. The summed E-state index contributed by atoms with van der Waals surface area (Å²) in [5.74, 6) is -0.0862. The minimum atomic E-state index is -0.228. The van der Waals surface area contributed by atoms with Crippen molar-refractivity contribution in [2.75, 3.05) is 11.9 Å². The molecule has 0 saturated heterocycles. The molecule has 3 rings (SSSR count). The molecule has 0 aromatic heterocycles. The summed E-state index contributed by atoms with van der Waals surface area (Å²) in [6, 6.07) is 28.6. The fraction of sp³-hybridized carbons (Fsp3) is 0.200. The van der Waals surface area contributed by atoms with Crippen molar-refractivity contribution < 1.29 is 9.59 Å². The summed E-state index contributed by atoms with van der Waals surface area (Å²) in [6.45, 7) is 2.71. The molecular weight excluding hydrogens is 374 g/mol. The smallest absolute Gasteiger partial charge is 0.322 e. The summed E-state index contributed by atoms with van der Waals surface area (Å²) < 4.78 is 0. The number of carbonyl (C=O) groups is 2. The number of urea groups is 1. The predicted octanol–water partition coefficient (Wildman–Crippen LogP) is 4.99. The van der Waals surface area contributed by atoms with Gasteiger partial charge in [-0.1, -0.05) is 78.9 Å². The average Bonchev–Trinajstić information content (AvgIpc) is 2.78. The fourth-order valence-electron chi connectivity index (χ4n) is 3.16. The number of benzene rings is 3. The summed E-state index contributed by atoms with van der Waals surface area (Å²) in [5, 5.41) is 5.91. The molecule has 5 nitrogen and oxygen atoms in total. The Morgan fingerprint density at radius 1 is 0.833 bits per heavy atom. The molecule has 2 N–H and O–H groups in total. The zero-order valence-corrected chi connectivity index (χ0v) is 17.1. The molecule has 3 aromatic carbocycles.